The minimum absolute atomic E-state index is 0.000614. The fourth-order valence-corrected chi connectivity index (χ4v) is 10.8. The van der Waals surface area contributed by atoms with Gasteiger partial charge >= 0.3 is 0 Å². The van der Waals surface area contributed by atoms with E-state index in [1.807, 2.05) is 0 Å². The van der Waals surface area contributed by atoms with Crippen LogP contribution in [0, 0.1) is 0 Å². The fourth-order valence-electron chi connectivity index (χ4n) is 9.83. The van der Waals surface area contributed by atoms with Crippen LogP contribution in [0.5, 0.6) is 0 Å². The molecule has 0 fully saturated rings. The number of para-hydroxylation sites is 5. The van der Waals surface area contributed by atoms with Gasteiger partial charge in [0.2, 0.25) is 6.71 Å². The van der Waals surface area contributed by atoms with Crippen LogP contribution in [0.3, 0.4) is 0 Å². The second kappa shape index (κ2) is 18.4. The van der Waals surface area contributed by atoms with E-state index in [-0.39, 0.29) is 6.71 Å². The molecule has 9 aromatic rings. The van der Waals surface area contributed by atoms with E-state index >= 15 is 0 Å². The number of hydrogen-bond acceptors (Lipinski definition) is 4. The van der Waals surface area contributed by atoms with E-state index in [1.54, 1.807) is 11.3 Å². The maximum atomic E-state index is 2.53. The van der Waals surface area contributed by atoms with Crippen molar-refractivity contribution in [2.45, 2.75) is 59.3 Å². The molecule has 324 valence electrons. The van der Waals surface area contributed by atoms with Crippen molar-refractivity contribution in [1.82, 2.24) is 0 Å². The highest BCUT2D eigenvalue weighted by molar-refractivity contribution is 7.14. The summed E-state index contributed by atoms with van der Waals surface area (Å²) in [5.74, 6) is 1.10. The predicted molar refractivity (Wildman–Crippen MR) is 287 cm³/mol. The molecule has 10 rings (SSSR count). The molecule has 0 saturated heterocycles. The molecule has 0 bridgehead atoms. The SMILES string of the molecule is CC(C)c1cc(C(C)C)c(B2c3ccc(-c4csc(N(c5ccccc5)c5ccccc5)c4)cc3N(c3ccccc3)c3cc(N(c4ccccc4)c4ccccc4)ccc32)c(C(C)C)c1. The zero-order chi connectivity index (χ0) is 45.3. The molecule has 0 amide bonds. The molecule has 8 aromatic carbocycles. The zero-order valence-corrected chi connectivity index (χ0v) is 39.6. The highest BCUT2D eigenvalue weighted by Gasteiger charge is 2.39. The minimum Gasteiger partial charge on any atom is -0.311 e. The van der Waals surface area contributed by atoms with Crippen molar-refractivity contribution in [3.63, 3.8) is 0 Å². The maximum absolute atomic E-state index is 2.53. The molecule has 0 aliphatic carbocycles. The third-order valence-electron chi connectivity index (χ3n) is 13.1. The summed E-state index contributed by atoms with van der Waals surface area (Å²) in [6.45, 7) is 14.2. The summed E-state index contributed by atoms with van der Waals surface area (Å²) in [7, 11) is 0. The average Bonchev–Trinajstić information content (AvgIpc) is 3.84. The van der Waals surface area contributed by atoms with E-state index in [9.17, 15) is 0 Å². The average molecular weight is 874 g/mol. The number of rotatable bonds is 12. The van der Waals surface area contributed by atoms with Crippen molar-refractivity contribution in [3.8, 4) is 11.1 Å². The lowest BCUT2D eigenvalue weighted by atomic mass is 9.33. The first kappa shape index (κ1) is 42.9. The molecular weight excluding hydrogens is 818 g/mol. The molecule has 1 aromatic heterocycles. The Balaban J connectivity index is 1.23. The molecule has 3 nitrogen and oxygen atoms in total. The van der Waals surface area contributed by atoms with Gasteiger partial charge in [-0.1, -0.05) is 168 Å². The second-order valence-corrected chi connectivity index (χ2v) is 19.3. The van der Waals surface area contributed by atoms with E-state index in [1.165, 1.54) is 60.6 Å². The van der Waals surface area contributed by atoms with Crippen molar-refractivity contribution < 1.29 is 0 Å². The maximum Gasteiger partial charge on any atom is 0.247 e. The molecule has 0 radical (unpaired) electrons. The van der Waals surface area contributed by atoms with Gasteiger partial charge in [-0.05, 0) is 141 Å². The van der Waals surface area contributed by atoms with Gasteiger partial charge in [0.05, 0.1) is 0 Å². The monoisotopic (exact) mass is 873 g/mol. The molecule has 1 aliphatic rings. The second-order valence-electron chi connectivity index (χ2n) is 18.4. The van der Waals surface area contributed by atoms with Gasteiger partial charge in [0, 0.05) is 50.9 Å². The number of hydrogen-bond donors (Lipinski definition) is 0. The highest BCUT2D eigenvalue weighted by Crippen LogP contribution is 2.45. The van der Waals surface area contributed by atoms with Crippen LogP contribution in [0.1, 0.15) is 76.0 Å². The number of benzene rings is 8. The Morgan fingerprint density at radius 1 is 0.409 bits per heavy atom. The van der Waals surface area contributed by atoms with Crippen molar-refractivity contribution in [1.29, 1.82) is 0 Å². The van der Waals surface area contributed by atoms with Gasteiger partial charge in [-0.3, -0.25) is 0 Å². The lowest BCUT2D eigenvalue weighted by Crippen LogP contribution is -2.59. The van der Waals surface area contributed by atoms with Crippen molar-refractivity contribution in [3.05, 3.63) is 228 Å². The lowest BCUT2D eigenvalue weighted by Gasteiger charge is -2.40. The summed E-state index contributed by atoms with van der Waals surface area (Å²) >= 11 is 1.78. The van der Waals surface area contributed by atoms with Crippen molar-refractivity contribution in [2.75, 3.05) is 14.7 Å². The molecule has 2 heterocycles. The summed E-state index contributed by atoms with van der Waals surface area (Å²) < 4.78 is 0. The summed E-state index contributed by atoms with van der Waals surface area (Å²) in [5.41, 5.74) is 19.9. The topological polar surface area (TPSA) is 9.72 Å². The molecule has 1 aliphatic heterocycles. The van der Waals surface area contributed by atoms with Crippen LogP contribution >= 0.6 is 11.3 Å². The van der Waals surface area contributed by atoms with Crippen LogP contribution in [0.25, 0.3) is 11.1 Å². The van der Waals surface area contributed by atoms with Gasteiger partial charge in [0.15, 0.2) is 0 Å². The highest BCUT2D eigenvalue weighted by atomic mass is 32.1. The normalized spacial score (nSPS) is 12.1. The van der Waals surface area contributed by atoms with Gasteiger partial charge in [-0.2, -0.15) is 0 Å². The van der Waals surface area contributed by atoms with E-state index < -0.39 is 0 Å². The van der Waals surface area contributed by atoms with Crippen molar-refractivity contribution in [2.24, 2.45) is 0 Å². The Kier molecular flexibility index (Phi) is 12.0. The van der Waals surface area contributed by atoms with E-state index in [2.05, 4.69) is 268 Å². The van der Waals surface area contributed by atoms with Crippen LogP contribution in [0.2, 0.25) is 0 Å². The first-order valence-corrected chi connectivity index (χ1v) is 24.3. The third kappa shape index (κ3) is 8.14. The number of thiophene rings is 1. The number of fused-ring (bicyclic) bond motifs is 2. The zero-order valence-electron chi connectivity index (χ0n) is 38.8. The fraction of sp³-hybridized carbons (Fsp3) is 0.148. The van der Waals surface area contributed by atoms with E-state index in [0.29, 0.717) is 17.8 Å². The van der Waals surface area contributed by atoms with Gasteiger partial charge in [-0.25, -0.2) is 0 Å². The molecule has 0 saturated carbocycles. The van der Waals surface area contributed by atoms with Gasteiger partial charge in [0.1, 0.15) is 5.00 Å². The first-order valence-electron chi connectivity index (χ1n) is 23.4. The number of anilines is 9. The minimum atomic E-state index is 0.000614. The standard InChI is InChI=1S/C61H56BN3S/c1-42(2)46-36-54(43(3)4)61(55(37-46)44(5)6)62-56-34-32-45(47-39-60(66-41-47)64(50-26-16-9-17-27-50)51-28-18-10-19-29-51)38-58(56)65(52-30-20-11-21-31-52)59-40-53(33-35-57(59)62)63(48-22-12-7-13-23-48)49-24-14-8-15-25-49/h7-44H,1-6H3. The summed E-state index contributed by atoms with van der Waals surface area (Å²) in [5, 5.41) is 3.49. The molecule has 5 heteroatoms. The Morgan fingerprint density at radius 3 is 1.35 bits per heavy atom. The van der Waals surface area contributed by atoms with Gasteiger partial charge < -0.3 is 14.7 Å². The Labute approximate surface area is 396 Å². The lowest BCUT2D eigenvalue weighted by molar-refractivity contribution is 0.812. The van der Waals surface area contributed by atoms with E-state index in [4.69, 9.17) is 0 Å². The largest absolute Gasteiger partial charge is 0.311 e. The Bertz CT molecular complexity index is 2970. The Morgan fingerprint density at radius 2 is 0.864 bits per heavy atom. The van der Waals surface area contributed by atoms with Gasteiger partial charge in [-0.15, -0.1) is 11.3 Å². The van der Waals surface area contributed by atoms with E-state index in [0.717, 1.165) is 34.1 Å². The smallest absolute Gasteiger partial charge is 0.247 e. The third-order valence-corrected chi connectivity index (χ3v) is 14.0. The summed E-state index contributed by atoms with van der Waals surface area (Å²) in [6, 6.07) is 75.8. The molecular formula is C61H56BN3S. The molecule has 0 atom stereocenters. The predicted octanol–water partition coefficient (Wildman–Crippen LogP) is 16.0. The van der Waals surface area contributed by atoms with Crippen LogP contribution in [-0.4, -0.2) is 6.71 Å². The van der Waals surface area contributed by atoms with Crippen molar-refractivity contribution >= 4 is 84.9 Å². The summed E-state index contributed by atoms with van der Waals surface area (Å²) in [6.07, 6.45) is 0. The molecule has 0 N–H and O–H groups in total. The quantitative estimate of drug-likeness (QED) is 0.113. The Hall–Kier alpha value is -7.08. The van der Waals surface area contributed by atoms with Crippen LogP contribution in [-0.2, 0) is 0 Å². The molecule has 0 unspecified atom stereocenters. The van der Waals surface area contributed by atoms with Crippen LogP contribution < -0.4 is 31.1 Å². The van der Waals surface area contributed by atoms with Gasteiger partial charge in [0.25, 0.3) is 0 Å². The number of nitrogens with zero attached hydrogens (tertiary/aromatic N) is 3. The summed E-state index contributed by atoms with van der Waals surface area (Å²) in [4.78, 5) is 7.28. The van der Waals surface area contributed by atoms with Crippen LogP contribution in [0.15, 0.2) is 212 Å². The molecule has 66 heavy (non-hydrogen) atoms. The first-order chi connectivity index (χ1) is 32.2. The molecule has 0 spiro atoms. The van der Waals surface area contributed by atoms with Crippen LogP contribution in [0.4, 0.5) is 50.5 Å².